The van der Waals surface area contributed by atoms with Crippen LogP contribution in [0.25, 0.3) is 0 Å². The summed E-state index contributed by atoms with van der Waals surface area (Å²) in [5.74, 6) is -3.39. The van der Waals surface area contributed by atoms with Gasteiger partial charge in [0.25, 0.3) is 11.8 Å². The number of hydrogen-bond acceptors (Lipinski definition) is 15. The summed E-state index contributed by atoms with van der Waals surface area (Å²) in [6, 6.07) is 32.2. The van der Waals surface area contributed by atoms with Gasteiger partial charge in [0.15, 0.2) is 23.0 Å². The van der Waals surface area contributed by atoms with Crippen LogP contribution in [0, 0.1) is 17.8 Å². The Kier molecular flexibility index (Phi) is 27.7. The third-order valence-electron chi connectivity index (χ3n) is 18.1. The fourth-order valence-electron chi connectivity index (χ4n) is 13.2. The van der Waals surface area contributed by atoms with Gasteiger partial charge in [-0.3, -0.25) is 52.8 Å². The number of primary amides is 1. The Morgan fingerprint density at radius 2 is 1.03 bits per heavy atom. The Morgan fingerprint density at radius 3 is 1.54 bits per heavy atom. The van der Waals surface area contributed by atoms with Gasteiger partial charge in [-0.15, -0.1) is 0 Å². The van der Waals surface area contributed by atoms with Crippen molar-refractivity contribution in [3.63, 3.8) is 0 Å². The van der Waals surface area contributed by atoms with E-state index in [-0.39, 0.29) is 102 Å². The van der Waals surface area contributed by atoms with E-state index in [4.69, 9.17) is 24.7 Å². The van der Waals surface area contributed by atoms with Crippen LogP contribution in [0.3, 0.4) is 0 Å². The molecular weight excluding hydrogens is 1290 g/mol. The number of amides is 10. The highest BCUT2D eigenvalue weighted by Crippen LogP contribution is 2.34. The third-order valence-corrected chi connectivity index (χ3v) is 19.1. The van der Waals surface area contributed by atoms with Gasteiger partial charge in [0.1, 0.15) is 12.6 Å². The summed E-state index contributed by atoms with van der Waals surface area (Å²) in [5.41, 5.74) is 9.58. The summed E-state index contributed by atoms with van der Waals surface area (Å²) in [4.78, 5) is 150. The quantitative estimate of drug-likeness (QED) is 0.0459. The molecule has 6 N–H and O–H groups in total. The normalized spacial score (nSPS) is 19.9. The molecular formula is C76H95N9O14S. The molecule has 0 radical (unpaired) electrons. The van der Waals surface area contributed by atoms with Crippen molar-refractivity contribution < 1.29 is 66.9 Å². The molecule has 0 spiro atoms. The van der Waals surface area contributed by atoms with E-state index >= 15 is 14.4 Å². The van der Waals surface area contributed by atoms with Gasteiger partial charge >= 0.3 is 0 Å². The number of nitrogens with two attached hydrogens (primary N) is 1. The van der Waals surface area contributed by atoms with Crippen LogP contribution in [0.1, 0.15) is 130 Å². The zero-order valence-electron chi connectivity index (χ0n) is 57.8. The number of benzene rings is 5. The van der Waals surface area contributed by atoms with Crippen LogP contribution in [-0.2, 0) is 74.6 Å². The Labute approximate surface area is 589 Å². The van der Waals surface area contributed by atoms with Gasteiger partial charge in [-0.1, -0.05) is 145 Å². The lowest BCUT2D eigenvalue weighted by Crippen LogP contribution is -2.56. The number of carbonyl (C=O) groups is 10. The number of thioether (sulfide) groups is 1. The molecule has 5 aromatic carbocycles. The van der Waals surface area contributed by atoms with Crippen molar-refractivity contribution in [1.82, 2.24) is 40.9 Å². The van der Waals surface area contributed by atoms with Crippen molar-refractivity contribution in [3.05, 3.63) is 155 Å². The van der Waals surface area contributed by atoms with Gasteiger partial charge in [0.2, 0.25) is 60.8 Å². The summed E-state index contributed by atoms with van der Waals surface area (Å²) < 4.78 is 22.4. The van der Waals surface area contributed by atoms with E-state index < -0.39 is 104 Å². The standard InChI is InChI=1S/C76H95N9O14S/c1-50(2)32-59-40-83(73(92)38-56-22-27-63-65(36-56)98-48-96-63)45-69(88)78-60(34-53-16-10-6-11-17-53)41-82(71(90)29-24-52-14-8-5-9-15-52)44-68(87)79-61(35-54-18-12-7-13-19-54)42-84(74(93)39-57-23-28-64-66(37-57)99-49-97-64)46-70(89)81-62(33-51(3)4)76(95)85(43-67(77)86)72(91)30-31-100-47-55-20-25-58(26-21-55)75(94)80-59/h6-7,10-13,16-23,25-28,36-37,50-52,59-62H,5,8-9,14-15,24,29-35,38-49H2,1-4H3,(H2,77,86)(H,78,88)(H,79,87)(H,80,94)(H,81,89)/t59-,60-,61-,62-/m0/s1. The highest BCUT2D eigenvalue weighted by atomic mass is 32.2. The van der Waals surface area contributed by atoms with E-state index in [0.717, 1.165) is 53.7 Å². The number of imide groups is 1. The van der Waals surface area contributed by atoms with Crippen LogP contribution < -0.4 is 45.9 Å². The number of nitrogens with one attached hydrogen (secondary N) is 4. The lowest BCUT2D eigenvalue weighted by atomic mass is 9.86. The molecule has 10 rings (SSSR count). The largest absolute Gasteiger partial charge is 0.454 e. The molecule has 4 aliphatic heterocycles. The Hall–Kier alpha value is -9.45. The van der Waals surface area contributed by atoms with Crippen molar-refractivity contribution in [2.24, 2.45) is 23.5 Å². The van der Waals surface area contributed by atoms with Crippen LogP contribution >= 0.6 is 11.8 Å². The molecule has 4 atom stereocenters. The van der Waals surface area contributed by atoms with E-state index in [0.29, 0.717) is 64.2 Å². The molecule has 4 heterocycles. The molecule has 0 saturated heterocycles. The average molecular weight is 1390 g/mol. The van der Waals surface area contributed by atoms with Gasteiger partial charge < -0.3 is 60.6 Å². The molecule has 5 aliphatic rings. The number of rotatable bonds is 17. The Morgan fingerprint density at radius 1 is 0.540 bits per heavy atom. The van der Waals surface area contributed by atoms with Crippen molar-refractivity contribution in [1.29, 1.82) is 0 Å². The fourth-order valence-corrected chi connectivity index (χ4v) is 14.1. The minimum absolute atomic E-state index is 0.00787. The SMILES string of the molecule is CC(C)C[C@H]1CN(C(=O)Cc2ccc3c(c2)OCO3)CC(=O)N[C@@H](Cc2ccccc2)CN(C(=O)CCC2CCCCC2)CC(=O)N[C@@H](Cc2ccccc2)CN(C(=O)Cc2ccc3c(c2)OCO3)CC(=O)N[C@@H](CC(C)C)C(=O)N(CC(N)=O)C(=O)CCSCc2ccc(cc2)C(=O)N1. The topological polar surface area (TPSA) is 295 Å². The number of ether oxygens (including phenoxy) is 4. The summed E-state index contributed by atoms with van der Waals surface area (Å²) in [6.07, 6.45) is 6.20. The van der Waals surface area contributed by atoms with E-state index in [1.54, 1.807) is 60.7 Å². The fraction of sp³-hybridized carbons (Fsp3) is 0.474. The monoisotopic (exact) mass is 1390 g/mol. The first kappa shape index (κ1) is 74.8. The molecule has 10 amide bonds. The zero-order chi connectivity index (χ0) is 71.1. The number of fused-ring (bicyclic) bond motifs is 31. The molecule has 534 valence electrons. The molecule has 24 heteroatoms. The minimum atomic E-state index is -1.34. The van der Waals surface area contributed by atoms with Crippen molar-refractivity contribution in [3.8, 4) is 23.0 Å². The zero-order valence-corrected chi connectivity index (χ0v) is 58.6. The molecule has 100 heavy (non-hydrogen) atoms. The Bertz CT molecular complexity index is 3650. The van der Waals surface area contributed by atoms with Gasteiger partial charge in [-0.2, -0.15) is 11.8 Å². The first-order chi connectivity index (χ1) is 48.2. The summed E-state index contributed by atoms with van der Waals surface area (Å²) >= 11 is 1.38. The molecule has 1 fully saturated rings. The third kappa shape index (κ3) is 23.3. The predicted molar refractivity (Wildman–Crippen MR) is 377 cm³/mol. The summed E-state index contributed by atoms with van der Waals surface area (Å²) in [6.45, 7) is 4.96. The lowest BCUT2D eigenvalue weighted by Gasteiger charge is -2.32. The van der Waals surface area contributed by atoms with Gasteiger partial charge in [0, 0.05) is 55.6 Å². The van der Waals surface area contributed by atoms with Crippen LogP contribution in [0.4, 0.5) is 0 Å². The summed E-state index contributed by atoms with van der Waals surface area (Å²) in [5, 5.41) is 12.3. The molecule has 0 unspecified atom stereocenters. The van der Waals surface area contributed by atoms with Crippen LogP contribution in [0.2, 0.25) is 0 Å². The van der Waals surface area contributed by atoms with E-state index in [1.165, 1.54) is 26.5 Å². The molecule has 2 bridgehead atoms. The second-order valence-corrected chi connectivity index (χ2v) is 28.4. The molecule has 5 aromatic rings. The van der Waals surface area contributed by atoms with Gasteiger partial charge in [-0.25, -0.2) is 0 Å². The maximum Gasteiger partial charge on any atom is 0.252 e. The molecule has 1 aliphatic carbocycles. The maximum absolute atomic E-state index is 15.2. The second kappa shape index (κ2) is 37.1. The maximum atomic E-state index is 15.2. The van der Waals surface area contributed by atoms with E-state index in [2.05, 4.69) is 21.3 Å². The first-order valence-corrected chi connectivity index (χ1v) is 36.0. The first-order valence-electron chi connectivity index (χ1n) is 34.8. The number of nitrogens with zero attached hydrogens (tertiary/aromatic N) is 4. The van der Waals surface area contributed by atoms with Crippen LogP contribution in [-0.4, -0.2) is 168 Å². The average Bonchev–Trinajstić information content (AvgIpc) is 1.51. The molecule has 1 saturated carbocycles. The van der Waals surface area contributed by atoms with Crippen molar-refractivity contribution in [2.75, 3.05) is 65.2 Å². The van der Waals surface area contributed by atoms with E-state index in [1.807, 2.05) is 88.4 Å². The lowest BCUT2D eigenvalue weighted by molar-refractivity contribution is -0.150. The van der Waals surface area contributed by atoms with Crippen LogP contribution in [0.5, 0.6) is 23.0 Å². The molecule has 0 aromatic heterocycles. The number of carbonyl (C=O) groups excluding carboxylic acids is 10. The Balaban J connectivity index is 1.08. The van der Waals surface area contributed by atoms with Gasteiger partial charge in [0.05, 0.1) is 44.6 Å². The highest BCUT2D eigenvalue weighted by Gasteiger charge is 2.35. The predicted octanol–water partition coefficient (Wildman–Crippen LogP) is 7.08. The van der Waals surface area contributed by atoms with Crippen LogP contribution in [0.15, 0.2) is 121 Å². The van der Waals surface area contributed by atoms with Crippen molar-refractivity contribution in [2.45, 2.75) is 148 Å². The second-order valence-electron chi connectivity index (χ2n) is 27.3. The molecule has 23 nitrogen and oxygen atoms in total. The van der Waals surface area contributed by atoms with E-state index in [9.17, 15) is 33.6 Å². The smallest absolute Gasteiger partial charge is 0.252 e. The number of hydrogen-bond donors (Lipinski definition) is 5. The van der Waals surface area contributed by atoms with Crippen molar-refractivity contribution >= 4 is 70.8 Å². The summed E-state index contributed by atoms with van der Waals surface area (Å²) in [7, 11) is 0. The highest BCUT2D eigenvalue weighted by molar-refractivity contribution is 7.98. The minimum Gasteiger partial charge on any atom is -0.454 e. The van der Waals surface area contributed by atoms with Gasteiger partial charge in [-0.05, 0) is 114 Å².